The van der Waals surface area contributed by atoms with E-state index in [1.165, 1.54) is 11.3 Å². The monoisotopic (exact) mass is 341 g/mol. The fourth-order valence-corrected chi connectivity index (χ4v) is 3.19. The molecule has 1 N–H and O–H groups in total. The number of anilines is 1. The van der Waals surface area contributed by atoms with Gasteiger partial charge in [-0.25, -0.2) is 0 Å². The third kappa shape index (κ3) is 5.36. The Kier molecular flexibility index (Phi) is 6.12. The Labute approximate surface area is 149 Å². The summed E-state index contributed by atoms with van der Waals surface area (Å²) in [5.74, 6) is 0.956. The third-order valence-corrected chi connectivity index (χ3v) is 4.67. The van der Waals surface area contributed by atoms with Crippen LogP contribution in [0, 0.1) is 6.92 Å². The van der Waals surface area contributed by atoms with Gasteiger partial charge in [-0.2, -0.15) is 0 Å². The normalized spacial score (nSPS) is 15.3. The van der Waals surface area contributed by atoms with Crippen molar-refractivity contribution in [3.05, 3.63) is 54.0 Å². The molecule has 0 atom stereocenters. The van der Waals surface area contributed by atoms with Gasteiger partial charge in [-0.05, 0) is 36.8 Å². The van der Waals surface area contributed by atoms with E-state index < -0.39 is 0 Å². The number of carbonyl (C=O) groups excluding carboxylic acids is 1. The molecule has 0 saturated carbocycles. The Morgan fingerprint density at radius 1 is 1.16 bits per heavy atom. The van der Waals surface area contributed by atoms with E-state index in [2.05, 4.69) is 46.3 Å². The van der Waals surface area contributed by atoms with Crippen LogP contribution in [-0.4, -0.2) is 50.1 Å². The first-order valence-corrected chi connectivity index (χ1v) is 9.04. The van der Waals surface area contributed by atoms with Crippen LogP contribution in [-0.2, 0) is 11.2 Å². The first-order valence-electron chi connectivity index (χ1n) is 9.04. The van der Waals surface area contributed by atoms with Crippen LogP contribution >= 0.6 is 0 Å². The van der Waals surface area contributed by atoms with Crippen molar-refractivity contribution in [2.24, 2.45) is 0 Å². The maximum absolute atomic E-state index is 11.9. The molecule has 0 unspecified atom stereocenters. The Morgan fingerprint density at radius 2 is 2.00 bits per heavy atom. The molecule has 0 radical (unpaired) electrons. The lowest BCUT2D eigenvalue weighted by molar-refractivity contribution is -0.121. The summed E-state index contributed by atoms with van der Waals surface area (Å²) in [5.41, 5.74) is 2.61. The Hall–Kier alpha value is -2.27. The smallest absolute Gasteiger partial charge is 0.220 e. The number of benzene rings is 1. The summed E-state index contributed by atoms with van der Waals surface area (Å²) >= 11 is 0. The fourth-order valence-electron chi connectivity index (χ4n) is 3.19. The Morgan fingerprint density at radius 3 is 2.72 bits per heavy atom. The molecule has 1 saturated heterocycles. The van der Waals surface area contributed by atoms with Gasteiger partial charge in [-0.3, -0.25) is 9.69 Å². The number of carbonyl (C=O) groups is 1. The van der Waals surface area contributed by atoms with E-state index in [0.717, 1.165) is 38.5 Å². The van der Waals surface area contributed by atoms with Crippen LogP contribution in [0.25, 0.3) is 0 Å². The van der Waals surface area contributed by atoms with E-state index >= 15 is 0 Å². The average Bonchev–Trinajstić information content (AvgIpc) is 3.14. The number of nitrogens with one attached hydrogen (secondary N) is 1. The SMILES string of the molecule is Cc1cccc(N2CCN(CCNC(=O)CCc3ccco3)CC2)c1. The van der Waals surface area contributed by atoms with Crippen molar-refractivity contribution in [2.45, 2.75) is 19.8 Å². The summed E-state index contributed by atoms with van der Waals surface area (Å²) < 4.78 is 5.24. The van der Waals surface area contributed by atoms with Crippen LogP contribution in [0.2, 0.25) is 0 Å². The summed E-state index contributed by atoms with van der Waals surface area (Å²) in [5, 5.41) is 3.01. The Bertz CT molecular complexity index is 661. The number of hydrogen-bond acceptors (Lipinski definition) is 4. The van der Waals surface area contributed by atoms with E-state index in [1.54, 1.807) is 6.26 Å². The van der Waals surface area contributed by atoms with E-state index in [0.29, 0.717) is 19.4 Å². The first kappa shape index (κ1) is 17.5. The maximum atomic E-state index is 11.9. The molecule has 5 heteroatoms. The van der Waals surface area contributed by atoms with Gasteiger partial charge >= 0.3 is 0 Å². The Balaban J connectivity index is 1.32. The standard InChI is InChI=1S/C20H27N3O2/c1-17-4-2-5-18(16-17)23-13-11-22(12-14-23)10-9-21-20(24)8-7-19-6-3-15-25-19/h2-6,15-16H,7-14H2,1H3,(H,21,24). The number of furan rings is 1. The molecule has 1 aliphatic heterocycles. The summed E-state index contributed by atoms with van der Waals surface area (Å²) in [4.78, 5) is 16.7. The van der Waals surface area contributed by atoms with Crippen LogP contribution in [0.4, 0.5) is 5.69 Å². The molecule has 1 aromatic carbocycles. The highest BCUT2D eigenvalue weighted by atomic mass is 16.3. The summed E-state index contributed by atoms with van der Waals surface area (Å²) in [6.45, 7) is 7.90. The van der Waals surface area contributed by atoms with Crippen molar-refractivity contribution < 1.29 is 9.21 Å². The van der Waals surface area contributed by atoms with Gasteiger partial charge in [0.05, 0.1) is 6.26 Å². The van der Waals surface area contributed by atoms with E-state index in [4.69, 9.17) is 4.42 Å². The van der Waals surface area contributed by atoms with Gasteiger partial charge < -0.3 is 14.6 Å². The van der Waals surface area contributed by atoms with Gasteiger partial charge in [-0.15, -0.1) is 0 Å². The van der Waals surface area contributed by atoms with Crippen LogP contribution in [0.5, 0.6) is 0 Å². The molecule has 1 aromatic heterocycles. The lowest BCUT2D eigenvalue weighted by atomic mass is 10.2. The second-order valence-electron chi connectivity index (χ2n) is 6.60. The van der Waals surface area contributed by atoms with Crippen LogP contribution in [0.3, 0.4) is 0 Å². The molecule has 25 heavy (non-hydrogen) atoms. The zero-order valence-corrected chi connectivity index (χ0v) is 14.9. The molecule has 2 heterocycles. The molecule has 0 bridgehead atoms. The number of rotatable bonds is 7. The van der Waals surface area contributed by atoms with Gasteiger partial charge in [-0.1, -0.05) is 12.1 Å². The molecule has 2 aromatic rings. The number of piperazine rings is 1. The second-order valence-corrected chi connectivity index (χ2v) is 6.60. The number of amides is 1. The first-order chi connectivity index (χ1) is 12.2. The van der Waals surface area contributed by atoms with Crippen LogP contribution in [0.1, 0.15) is 17.7 Å². The third-order valence-electron chi connectivity index (χ3n) is 4.67. The number of hydrogen-bond donors (Lipinski definition) is 1. The molecule has 134 valence electrons. The highest BCUT2D eigenvalue weighted by Gasteiger charge is 2.17. The molecular weight excluding hydrogens is 314 g/mol. The molecule has 1 aliphatic rings. The van der Waals surface area contributed by atoms with Gasteiger partial charge in [0.25, 0.3) is 0 Å². The summed E-state index contributed by atoms with van der Waals surface area (Å²) in [6, 6.07) is 12.4. The lowest BCUT2D eigenvalue weighted by Gasteiger charge is -2.36. The maximum Gasteiger partial charge on any atom is 0.220 e. The van der Waals surface area contributed by atoms with Gasteiger partial charge in [0.2, 0.25) is 5.91 Å². The number of nitrogens with zero attached hydrogens (tertiary/aromatic N) is 2. The van der Waals surface area contributed by atoms with Gasteiger partial charge in [0, 0.05) is 57.8 Å². The quantitative estimate of drug-likeness (QED) is 0.840. The average molecular weight is 341 g/mol. The minimum Gasteiger partial charge on any atom is -0.469 e. The molecular formula is C20H27N3O2. The molecule has 3 rings (SSSR count). The predicted octanol–water partition coefficient (Wildman–Crippen LogP) is 2.46. The minimum absolute atomic E-state index is 0.0924. The van der Waals surface area contributed by atoms with Crippen molar-refractivity contribution in [3.8, 4) is 0 Å². The largest absolute Gasteiger partial charge is 0.469 e. The van der Waals surface area contributed by atoms with Crippen LogP contribution < -0.4 is 10.2 Å². The highest BCUT2D eigenvalue weighted by Crippen LogP contribution is 2.17. The van der Waals surface area contributed by atoms with Crippen molar-refractivity contribution in [1.82, 2.24) is 10.2 Å². The molecule has 1 amide bonds. The van der Waals surface area contributed by atoms with E-state index in [1.807, 2.05) is 12.1 Å². The molecule has 0 spiro atoms. The van der Waals surface area contributed by atoms with Crippen molar-refractivity contribution >= 4 is 11.6 Å². The second kappa shape index (κ2) is 8.72. The van der Waals surface area contributed by atoms with E-state index in [-0.39, 0.29) is 5.91 Å². The van der Waals surface area contributed by atoms with Gasteiger partial charge in [0.1, 0.15) is 5.76 Å². The van der Waals surface area contributed by atoms with Gasteiger partial charge in [0.15, 0.2) is 0 Å². The summed E-state index contributed by atoms with van der Waals surface area (Å²) in [7, 11) is 0. The predicted molar refractivity (Wildman–Crippen MR) is 99.9 cm³/mol. The lowest BCUT2D eigenvalue weighted by Crippen LogP contribution is -2.48. The van der Waals surface area contributed by atoms with Crippen molar-refractivity contribution in [1.29, 1.82) is 0 Å². The van der Waals surface area contributed by atoms with Crippen molar-refractivity contribution in [3.63, 3.8) is 0 Å². The topological polar surface area (TPSA) is 48.7 Å². The summed E-state index contributed by atoms with van der Waals surface area (Å²) in [6.07, 6.45) is 2.78. The highest BCUT2D eigenvalue weighted by molar-refractivity contribution is 5.76. The minimum atomic E-state index is 0.0924. The number of aryl methyl sites for hydroxylation is 2. The molecule has 0 aliphatic carbocycles. The molecule has 5 nitrogen and oxygen atoms in total. The fraction of sp³-hybridized carbons (Fsp3) is 0.450. The van der Waals surface area contributed by atoms with Crippen molar-refractivity contribution in [2.75, 3.05) is 44.2 Å². The zero-order valence-electron chi connectivity index (χ0n) is 14.9. The van der Waals surface area contributed by atoms with E-state index in [9.17, 15) is 4.79 Å². The molecule has 1 fully saturated rings. The zero-order chi connectivity index (χ0) is 17.5. The van der Waals surface area contributed by atoms with Crippen LogP contribution in [0.15, 0.2) is 47.1 Å².